The Morgan fingerprint density at radius 3 is 2.61 bits per heavy atom. The second-order valence-corrected chi connectivity index (χ2v) is 8.14. The number of rotatable bonds is 3. The van der Waals surface area contributed by atoms with Crippen molar-refractivity contribution in [1.82, 2.24) is 10.1 Å². The first-order valence-corrected chi connectivity index (χ1v) is 9.19. The van der Waals surface area contributed by atoms with Crippen molar-refractivity contribution in [1.29, 1.82) is 0 Å². The number of amides is 1. The lowest BCUT2D eigenvalue weighted by atomic mass is 10.1. The predicted molar refractivity (Wildman–Crippen MR) is 85.8 cm³/mol. The number of benzene rings is 1. The minimum atomic E-state index is -3.04. The van der Waals surface area contributed by atoms with E-state index in [1.165, 1.54) is 11.1 Å². The fourth-order valence-corrected chi connectivity index (χ4v) is 4.52. The van der Waals surface area contributed by atoms with E-state index in [0.29, 0.717) is 17.7 Å². The molecule has 7 heteroatoms. The molecule has 122 valence electrons. The van der Waals surface area contributed by atoms with Crippen LogP contribution in [0.2, 0.25) is 0 Å². The number of carbonyl (C=O) groups excluding carboxylic acids is 1. The van der Waals surface area contributed by atoms with Crippen LogP contribution in [-0.2, 0) is 9.84 Å². The molecule has 0 saturated carbocycles. The van der Waals surface area contributed by atoms with Crippen LogP contribution >= 0.6 is 0 Å². The van der Waals surface area contributed by atoms with Crippen LogP contribution in [0.15, 0.2) is 35.0 Å². The molecular formula is C16H18N2O4S. The number of hydrogen-bond acceptors (Lipinski definition) is 5. The molecule has 6 nitrogen and oxygen atoms in total. The SMILES string of the molecule is Cc1ccc(-c2oncc2C(=O)N(C)C2CCS(=O)(=O)C2)cc1. The maximum absolute atomic E-state index is 12.7. The van der Waals surface area contributed by atoms with Crippen molar-refractivity contribution in [2.24, 2.45) is 0 Å². The molecule has 1 amide bonds. The van der Waals surface area contributed by atoms with Crippen LogP contribution in [-0.4, -0.2) is 49.0 Å². The smallest absolute Gasteiger partial charge is 0.259 e. The molecule has 2 heterocycles. The van der Waals surface area contributed by atoms with E-state index < -0.39 is 9.84 Å². The summed E-state index contributed by atoms with van der Waals surface area (Å²) in [7, 11) is -1.42. The van der Waals surface area contributed by atoms with Crippen molar-refractivity contribution in [2.75, 3.05) is 18.6 Å². The first-order chi connectivity index (χ1) is 10.9. The monoisotopic (exact) mass is 334 g/mol. The Labute approximate surface area is 135 Å². The van der Waals surface area contributed by atoms with Crippen LogP contribution in [0.4, 0.5) is 0 Å². The van der Waals surface area contributed by atoms with Crippen molar-refractivity contribution < 1.29 is 17.7 Å². The van der Waals surface area contributed by atoms with E-state index in [4.69, 9.17) is 4.52 Å². The highest BCUT2D eigenvalue weighted by molar-refractivity contribution is 7.91. The normalized spacial score (nSPS) is 19.7. The Morgan fingerprint density at radius 1 is 1.30 bits per heavy atom. The van der Waals surface area contributed by atoms with Gasteiger partial charge in [-0.2, -0.15) is 0 Å². The van der Waals surface area contributed by atoms with E-state index >= 15 is 0 Å². The molecule has 0 bridgehead atoms. The van der Waals surface area contributed by atoms with Crippen LogP contribution < -0.4 is 0 Å². The van der Waals surface area contributed by atoms with Gasteiger partial charge in [0.25, 0.3) is 5.91 Å². The van der Waals surface area contributed by atoms with E-state index in [1.807, 2.05) is 31.2 Å². The summed E-state index contributed by atoms with van der Waals surface area (Å²) in [5.41, 5.74) is 2.22. The van der Waals surface area contributed by atoms with Crippen LogP contribution in [0.25, 0.3) is 11.3 Å². The topological polar surface area (TPSA) is 80.5 Å². The molecule has 2 aromatic rings. The Morgan fingerprint density at radius 2 is 2.00 bits per heavy atom. The number of sulfone groups is 1. The largest absolute Gasteiger partial charge is 0.355 e. The van der Waals surface area contributed by atoms with Gasteiger partial charge >= 0.3 is 0 Å². The molecule has 0 spiro atoms. The standard InChI is InChI=1S/C16H18N2O4S/c1-11-3-5-12(6-4-11)15-14(9-17-22-15)16(19)18(2)13-7-8-23(20,21)10-13/h3-6,9,13H,7-8,10H2,1-2H3. The number of aromatic nitrogens is 1. The minimum absolute atomic E-state index is 0.0143. The summed E-state index contributed by atoms with van der Waals surface area (Å²) in [6, 6.07) is 7.30. The molecule has 1 unspecified atom stereocenters. The molecule has 1 atom stereocenters. The van der Waals surface area contributed by atoms with Gasteiger partial charge in [-0.25, -0.2) is 8.42 Å². The van der Waals surface area contributed by atoms with E-state index in [0.717, 1.165) is 11.1 Å². The lowest BCUT2D eigenvalue weighted by Gasteiger charge is -2.23. The van der Waals surface area contributed by atoms with Crippen LogP contribution in [0, 0.1) is 6.92 Å². The van der Waals surface area contributed by atoms with E-state index in [1.54, 1.807) is 7.05 Å². The summed E-state index contributed by atoms with van der Waals surface area (Å²) >= 11 is 0. The molecule has 1 aliphatic rings. The number of hydrogen-bond donors (Lipinski definition) is 0. The van der Waals surface area contributed by atoms with E-state index in [2.05, 4.69) is 5.16 Å². The van der Waals surface area contributed by atoms with E-state index in [9.17, 15) is 13.2 Å². The summed E-state index contributed by atoms with van der Waals surface area (Å²) < 4.78 is 28.5. The summed E-state index contributed by atoms with van der Waals surface area (Å²) in [4.78, 5) is 14.2. The third-order valence-corrected chi connectivity index (χ3v) is 5.94. The van der Waals surface area contributed by atoms with Gasteiger partial charge in [0.15, 0.2) is 15.6 Å². The van der Waals surface area contributed by atoms with Gasteiger partial charge in [0, 0.05) is 18.7 Å². The average molecular weight is 334 g/mol. The number of aryl methyl sites for hydroxylation is 1. The summed E-state index contributed by atoms with van der Waals surface area (Å²) in [6.07, 6.45) is 1.85. The van der Waals surface area contributed by atoms with Crippen molar-refractivity contribution in [2.45, 2.75) is 19.4 Å². The first-order valence-electron chi connectivity index (χ1n) is 7.37. The van der Waals surface area contributed by atoms with Crippen LogP contribution in [0.3, 0.4) is 0 Å². The van der Waals surface area contributed by atoms with Crippen molar-refractivity contribution in [3.63, 3.8) is 0 Å². The third-order valence-electron chi connectivity index (χ3n) is 4.19. The summed E-state index contributed by atoms with van der Waals surface area (Å²) in [5, 5.41) is 3.74. The number of nitrogens with zero attached hydrogens (tertiary/aromatic N) is 2. The highest BCUT2D eigenvalue weighted by Gasteiger charge is 2.34. The molecule has 1 saturated heterocycles. The Kier molecular flexibility index (Phi) is 3.97. The van der Waals surface area contributed by atoms with Crippen molar-refractivity contribution in [3.05, 3.63) is 41.6 Å². The number of carbonyl (C=O) groups is 1. The summed E-state index contributed by atoms with van der Waals surface area (Å²) in [5.74, 6) is 0.274. The molecule has 0 N–H and O–H groups in total. The third kappa shape index (κ3) is 3.14. The zero-order valence-corrected chi connectivity index (χ0v) is 13.8. The highest BCUT2D eigenvalue weighted by Crippen LogP contribution is 2.26. The molecule has 0 radical (unpaired) electrons. The fraction of sp³-hybridized carbons (Fsp3) is 0.375. The summed E-state index contributed by atoms with van der Waals surface area (Å²) in [6.45, 7) is 1.98. The maximum Gasteiger partial charge on any atom is 0.259 e. The molecule has 1 aromatic heterocycles. The van der Waals surface area contributed by atoms with Gasteiger partial charge in [0.1, 0.15) is 5.56 Å². The molecular weight excluding hydrogens is 316 g/mol. The van der Waals surface area contributed by atoms with Gasteiger partial charge in [-0.3, -0.25) is 4.79 Å². The Balaban J connectivity index is 1.86. The predicted octanol–water partition coefficient (Wildman–Crippen LogP) is 1.91. The Bertz CT molecular complexity index is 824. The molecule has 1 aliphatic heterocycles. The first kappa shape index (κ1) is 15.7. The van der Waals surface area contributed by atoms with Crippen molar-refractivity contribution in [3.8, 4) is 11.3 Å². The highest BCUT2D eigenvalue weighted by atomic mass is 32.2. The second-order valence-electron chi connectivity index (χ2n) is 5.91. The molecule has 23 heavy (non-hydrogen) atoms. The second kappa shape index (κ2) is 5.81. The van der Waals surface area contributed by atoms with E-state index in [-0.39, 0.29) is 23.5 Å². The van der Waals surface area contributed by atoms with Crippen LogP contribution in [0.1, 0.15) is 22.3 Å². The quantitative estimate of drug-likeness (QED) is 0.856. The fourth-order valence-electron chi connectivity index (χ4n) is 2.74. The van der Waals surface area contributed by atoms with Crippen LogP contribution in [0.5, 0.6) is 0 Å². The molecule has 0 aliphatic carbocycles. The Hall–Kier alpha value is -2.15. The van der Waals surface area contributed by atoms with Gasteiger partial charge in [-0.1, -0.05) is 35.0 Å². The van der Waals surface area contributed by atoms with Gasteiger partial charge in [-0.05, 0) is 13.3 Å². The van der Waals surface area contributed by atoms with Gasteiger partial charge in [0.05, 0.1) is 17.7 Å². The minimum Gasteiger partial charge on any atom is -0.355 e. The molecule has 1 fully saturated rings. The average Bonchev–Trinajstić information content (AvgIpc) is 3.13. The van der Waals surface area contributed by atoms with Gasteiger partial charge < -0.3 is 9.42 Å². The maximum atomic E-state index is 12.7. The molecule has 3 rings (SSSR count). The lowest BCUT2D eigenvalue weighted by molar-refractivity contribution is 0.0748. The lowest BCUT2D eigenvalue weighted by Crippen LogP contribution is -2.37. The molecule has 1 aromatic carbocycles. The zero-order valence-electron chi connectivity index (χ0n) is 13.0. The zero-order chi connectivity index (χ0) is 16.6. The van der Waals surface area contributed by atoms with Gasteiger partial charge in [-0.15, -0.1) is 0 Å². The van der Waals surface area contributed by atoms with Gasteiger partial charge in [0.2, 0.25) is 0 Å². The van der Waals surface area contributed by atoms with Crippen molar-refractivity contribution >= 4 is 15.7 Å².